The summed E-state index contributed by atoms with van der Waals surface area (Å²) >= 11 is 0. The number of hydrogen-bond acceptors (Lipinski definition) is 3. The second-order valence-electron chi connectivity index (χ2n) is 3.49. The summed E-state index contributed by atoms with van der Waals surface area (Å²) in [6, 6.07) is 2.51. The molecule has 1 aromatic heterocycles. The van der Waals surface area contributed by atoms with E-state index in [4.69, 9.17) is 0 Å². The summed E-state index contributed by atoms with van der Waals surface area (Å²) < 4.78 is 0. The summed E-state index contributed by atoms with van der Waals surface area (Å²) in [4.78, 5) is 8.40. The zero-order valence-electron chi connectivity index (χ0n) is 7.41. The Balaban J connectivity index is 2.03. The van der Waals surface area contributed by atoms with Crippen molar-refractivity contribution in [3.05, 3.63) is 18.0 Å². The van der Waals surface area contributed by atoms with Crippen LogP contribution in [-0.2, 0) is 0 Å². The Morgan fingerprint density at radius 3 is 2.92 bits per heavy atom. The molecular weight excluding hydrogens is 150 g/mol. The number of nitrogens with one attached hydrogen (secondary N) is 1. The smallest absolute Gasteiger partial charge is 0.223 e. The maximum Gasteiger partial charge on any atom is 0.223 e. The fourth-order valence-corrected chi connectivity index (χ4v) is 1.21. The summed E-state index contributed by atoms with van der Waals surface area (Å²) in [6.45, 7) is 4.21. The number of hydrogen-bond donors (Lipinski definition) is 1. The molecule has 0 aliphatic heterocycles. The molecular formula is C9H13N3. The first-order valence-electron chi connectivity index (χ1n) is 4.32. The molecule has 2 unspecified atom stereocenters. The first-order chi connectivity index (χ1) is 5.75. The summed E-state index contributed by atoms with van der Waals surface area (Å²) in [7, 11) is 0. The van der Waals surface area contributed by atoms with Gasteiger partial charge in [0.15, 0.2) is 0 Å². The normalized spacial score (nSPS) is 26.8. The van der Waals surface area contributed by atoms with E-state index < -0.39 is 0 Å². The van der Waals surface area contributed by atoms with Crippen LogP contribution in [0.4, 0.5) is 5.95 Å². The first kappa shape index (κ1) is 7.53. The summed E-state index contributed by atoms with van der Waals surface area (Å²) in [5.74, 6) is 1.55. The van der Waals surface area contributed by atoms with Crippen molar-refractivity contribution in [2.24, 2.45) is 5.92 Å². The summed E-state index contributed by atoms with van der Waals surface area (Å²) in [6.07, 6.45) is 3.04. The van der Waals surface area contributed by atoms with E-state index in [0.29, 0.717) is 6.04 Å². The molecule has 1 aliphatic rings. The van der Waals surface area contributed by atoms with Crippen LogP contribution in [0.25, 0.3) is 0 Å². The monoisotopic (exact) mass is 163 g/mol. The van der Waals surface area contributed by atoms with E-state index in [1.54, 1.807) is 6.20 Å². The SMILES string of the molecule is Cc1ccnc(NC2CC2C)n1. The van der Waals surface area contributed by atoms with Gasteiger partial charge < -0.3 is 5.32 Å². The molecule has 64 valence electrons. The largest absolute Gasteiger partial charge is 0.351 e. The van der Waals surface area contributed by atoms with Crippen molar-refractivity contribution in [3.63, 3.8) is 0 Å². The minimum absolute atomic E-state index is 0.604. The van der Waals surface area contributed by atoms with Crippen molar-refractivity contribution < 1.29 is 0 Å². The van der Waals surface area contributed by atoms with Crippen molar-refractivity contribution in [2.45, 2.75) is 26.3 Å². The van der Waals surface area contributed by atoms with Gasteiger partial charge in [-0.15, -0.1) is 0 Å². The lowest BCUT2D eigenvalue weighted by Crippen LogP contribution is -2.07. The molecule has 1 saturated carbocycles. The third kappa shape index (κ3) is 1.55. The fourth-order valence-electron chi connectivity index (χ4n) is 1.21. The van der Waals surface area contributed by atoms with Gasteiger partial charge in [0.25, 0.3) is 0 Å². The van der Waals surface area contributed by atoms with Gasteiger partial charge in [-0.25, -0.2) is 9.97 Å². The van der Waals surface area contributed by atoms with Gasteiger partial charge in [0.05, 0.1) is 0 Å². The number of anilines is 1. The zero-order valence-corrected chi connectivity index (χ0v) is 7.41. The second-order valence-corrected chi connectivity index (χ2v) is 3.49. The van der Waals surface area contributed by atoms with Gasteiger partial charge in [0.1, 0.15) is 0 Å². The van der Waals surface area contributed by atoms with Crippen LogP contribution in [0.2, 0.25) is 0 Å². The Hall–Kier alpha value is -1.12. The fraction of sp³-hybridized carbons (Fsp3) is 0.556. The molecule has 1 aromatic rings. The van der Waals surface area contributed by atoms with Crippen molar-refractivity contribution >= 4 is 5.95 Å². The molecule has 0 amide bonds. The Morgan fingerprint density at radius 2 is 2.33 bits per heavy atom. The molecule has 3 nitrogen and oxygen atoms in total. The van der Waals surface area contributed by atoms with E-state index in [1.807, 2.05) is 13.0 Å². The maximum atomic E-state index is 4.27. The lowest BCUT2D eigenvalue weighted by Gasteiger charge is -2.02. The van der Waals surface area contributed by atoms with Crippen LogP contribution in [0.5, 0.6) is 0 Å². The van der Waals surface area contributed by atoms with Gasteiger partial charge in [-0.1, -0.05) is 6.92 Å². The van der Waals surface area contributed by atoms with Gasteiger partial charge >= 0.3 is 0 Å². The zero-order chi connectivity index (χ0) is 8.55. The summed E-state index contributed by atoms with van der Waals surface area (Å²) in [5.41, 5.74) is 1.01. The highest BCUT2D eigenvalue weighted by Crippen LogP contribution is 2.31. The molecule has 1 N–H and O–H groups in total. The minimum atomic E-state index is 0.604. The average molecular weight is 163 g/mol. The Kier molecular flexibility index (Phi) is 1.71. The Morgan fingerprint density at radius 1 is 1.58 bits per heavy atom. The van der Waals surface area contributed by atoms with Gasteiger partial charge in [0, 0.05) is 17.9 Å². The highest BCUT2D eigenvalue weighted by molar-refractivity contribution is 5.29. The molecule has 1 aliphatic carbocycles. The van der Waals surface area contributed by atoms with Crippen molar-refractivity contribution in [2.75, 3.05) is 5.32 Å². The van der Waals surface area contributed by atoms with Gasteiger partial charge in [0.2, 0.25) is 5.95 Å². The quantitative estimate of drug-likeness (QED) is 0.719. The maximum absolute atomic E-state index is 4.27. The third-order valence-corrected chi connectivity index (χ3v) is 2.22. The molecule has 1 fully saturated rings. The molecule has 12 heavy (non-hydrogen) atoms. The third-order valence-electron chi connectivity index (χ3n) is 2.22. The van der Waals surface area contributed by atoms with Crippen molar-refractivity contribution in [3.8, 4) is 0 Å². The van der Waals surface area contributed by atoms with Crippen LogP contribution in [0.1, 0.15) is 19.0 Å². The van der Waals surface area contributed by atoms with Gasteiger partial charge in [-0.05, 0) is 25.3 Å². The molecule has 0 aromatic carbocycles. The van der Waals surface area contributed by atoms with Crippen molar-refractivity contribution in [1.29, 1.82) is 0 Å². The highest BCUT2D eigenvalue weighted by atomic mass is 15.1. The van der Waals surface area contributed by atoms with E-state index in [1.165, 1.54) is 6.42 Å². The second kappa shape index (κ2) is 2.73. The lowest BCUT2D eigenvalue weighted by molar-refractivity contribution is 0.911. The van der Waals surface area contributed by atoms with E-state index in [-0.39, 0.29) is 0 Å². The van der Waals surface area contributed by atoms with Crippen molar-refractivity contribution in [1.82, 2.24) is 9.97 Å². The molecule has 0 saturated heterocycles. The molecule has 0 radical (unpaired) electrons. The first-order valence-corrected chi connectivity index (χ1v) is 4.32. The Bertz CT molecular complexity index is 285. The molecule has 0 bridgehead atoms. The molecule has 2 rings (SSSR count). The van der Waals surface area contributed by atoms with Crippen LogP contribution >= 0.6 is 0 Å². The van der Waals surface area contributed by atoms with Crippen LogP contribution < -0.4 is 5.32 Å². The van der Waals surface area contributed by atoms with Crippen LogP contribution in [0.3, 0.4) is 0 Å². The van der Waals surface area contributed by atoms with Gasteiger partial charge in [-0.3, -0.25) is 0 Å². The highest BCUT2D eigenvalue weighted by Gasteiger charge is 2.32. The molecule has 2 atom stereocenters. The van der Waals surface area contributed by atoms with Crippen LogP contribution in [0.15, 0.2) is 12.3 Å². The Labute approximate surface area is 72.2 Å². The van der Waals surface area contributed by atoms with Gasteiger partial charge in [-0.2, -0.15) is 0 Å². The van der Waals surface area contributed by atoms with E-state index in [2.05, 4.69) is 22.2 Å². The number of aromatic nitrogens is 2. The topological polar surface area (TPSA) is 37.8 Å². The number of nitrogens with zero attached hydrogens (tertiary/aromatic N) is 2. The van der Waals surface area contributed by atoms with E-state index >= 15 is 0 Å². The lowest BCUT2D eigenvalue weighted by atomic mass is 10.4. The molecule has 0 spiro atoms. The van der Waals surface area contributed by atoms with E-state index in [9.17, 15) is 0 Å². The molecule has 1 heterocycles. The van der Waals surface area contributed by atoms with Crippen LogP contribution in [0, 0.1) is 12.8 Å². The standard InChI is InChI=1S/C9H13N3/c1-6-5-8(6)12-9-10-4-3-7(2)11-9/h3-4,6,8H,5H2,1-2H3,(H,10,11,12). The average Bonchev–Trinajstić information content (AvgIpc) is 2.66. The van der Waals surface area contributed by atoms with Crippen LogP contribution in [-0.4, -0.2) is 16.0 Å². The summed E-state index contributed by atoms with van der Waals surface area (Å²) in [5, 5.41) is 3.28. The number of aryl methyl sites for hydroxylation is 1. The molecule has 3 heteroatoms. The predicted molar refractivity (Wildman–Crippen MR) is 48.0 cm³/mol. The van der Waals surface area contributed by atoms with E-state index in [0.717, 1.165) is 17.6 Å². The minimum Gasteiger partial charge on any atom is -0.351 e. The number of rotatable bonds is 2. The predicted octanol–water partition coefficient (Wildman–Crippen LogP) is 1.61.